The molecule has 1 saturated carbocycles. The highest BCUT2D eigenvalue weighted by Gasteiger charge is 2.45. The molecule has 1 unspecified atom stereocenters. The van der Waals surface area contributed by atoms with E-state index in [2.05, 4.69) is 5.32 Å². The summed E-state index contributed by atoms with van der Waals surface area (Å²) < 4.78 is 70.8. The smallest absolute Gasteiger partial charge is 0.206 e. The summed E-state index contributed by atoms with van der Waals surface area (Å²) in [5, 5.41) is 12.2. The first-order chi connectivity index (χ1) is 9.88. The zero-order valence-corrected chi connectivity index (χ0v) is 11.2. The van der Waals surface area contributed by atoms with Crippen LogP contribution in [0.1, 0.15) is 12.8 Å². The van der Waals surface area contributed by atoms with Crippen LogP contribution >= 0.6 is 0 Å². The number of benzene rings is 1. The van der Waals surface area contributed by atoms with E-state index >= 15 is 0 Å². The minimum Gasteiger partial charge on any atom is -0.485 e. The fourth-order valence-electron chi connectivity index (χ4n) is 2.20. The Kier molecular flexibility index (Phi) is 4.38. The fourth-order valence-corrected chi connectivity index (χ4v) is 2.20. The van der Waals surface area contributed by atoms with Gasteiger partial charge < -0.3 is 15.2 Å². The van der Waals surface area contributed by atoms with E-state index in [4.69, 9.17) is 4.74 Å². The lowest BCUT2D eigenvalue weighted by Crippen LogP contribution is -2.53. The third-order valence-electron chi connectivity index (χ3n) is 3.78. The lowest BCUT2D eigenvalue weighted by Gasteiger charge is -2.31. The number of aliphatic hydroxyl groups is 1. The van der Waals surface area contributed by atoms with Crippen molar-refractivity contribution in [1.29, 1.82) is 0 Å². The molecule has 118 valence electrons. The van der Waals surface area contributed by atoms with Crippen LogP contribution in [0.5, 0.6) is 5.75 Å². The Morgan fingerprint density at radius 3 is 1.90 bits per heavy atom. The van der Waals surface area contributed by atoms with Crippen molar-refractivity contribution in [2.24, 2.45) is 5.92 Å². The second-order valence-corrected chi connectivity index (χ2v) is 5.03. The molecule has 1 aliphatic rings. The number of likely N-dealkylation sites (N-methyl/N-ethyl adjacent to an activating group) is 1. The molecule has 0 aromatic heterocycles. The van der Waals surface area contributed by atoms with Gasteiger partial charge in [-0.25, -0.2) is 13.2 Å². The zero-order valence-electron chi connectivity index (χ0n) is 11.2. The van der Waals surface area contributed by atoms with E-state index in [1.165, 1.54) is 7.05 Å². The number of nitrogens with one attached hydrogen (secondary N) is 1. The van der Waals surface area contributed by atoms with Crippen molar-refractivity contribution < 1.29 is 31.8 Å². The molecule has 1 aliphatic carbocycles. The van der Waals surface area contributed by atoms with Gasteiger partial charge in [-0.1, -0.05) is 0 Å². The van der Waals surface area contributed by atoms with Crippen molar-refractivity contribution in [2.45, 2.75) is 18.4 Å². The fraction of sp³-hybridized carbons (Fsp3) is 0.538. The van der Waals surface area contributed by atoms with Crippen LogP contribution in [0.2, 0.25) is 0 Å². The Labute approximate surface area is 117 Å². The predicted molar refractivity (Wildman–Crippen MR) is 63.3 cm³/mol. The van der Waals surface area contributed by atoms with Gasteiger partial charge in [-0.05, 0) is 25.8 Å². The van der Waals surface area contributed by atoms with E-state index in [0.29, 0.717) is 0 Å². The second kappa shape index (κ2) is 5.76. The molecule has 0 spiro atoms. The molecule has 21 heavy (non-hydrogen) atoms. The van der Waals surface area contributed by atoms with Gasteiger partial charge >= 0.3 is 0 Å². The summed E-state index contributed by atoms with van der Waals surface area (Å²) in [6.07, 6.45) is 1.56. The zero-order chi connectivity index (χ0) is 15.8. The average molecular weight is 311 g/mol. The molecule has 0 heterocycles. The van der Waals surface area contributed by atoms with Crippen LogP contribution in [0.25, 0.3) is 0 Å². The van der Waals surface area contributed by atoms with E-state index in [1.807, 2.05) is 0 Å². The summed E-state index contributed by atoms with van der Waals surface area (Å²) in [6.45, 7) is -0.799. The van der Waals surface area contributed by atoms with Gasteiger partial charge in [0, 0.05) is 0 Å². The van der Waals surface area contributed by atoms with Crippen molar-refractivity contribution in [2.75, 3.05) is 20.3 Å². The number of halogens is 5. The molecule has 0 aliphatic heterocycles. The van der Waals surface area contributed by atoms with Crippen molar-refractivity contribution >= 4 is 0 Å². The van der Waals surface area contributed by atoms with Gasteiger partial charge in [-0.2, -0.15) is 8.78 Å². The van der Waals surface area contributed by atoms with E-state index in [1.54, 1.807) is 0 Å². The van der Waals surface area contributed by atoms with Crippen LogP contribution in [0.15, 0.2) is 0 Å². The number of rotatable bonds is 6. The first-order valence-corrected chi connectivity index (χ1v) is 6.32. The first-order valence-electron chi connectivity index (χ1n) is 6.32. The van der Waals surface area contributed by atoms with Crippen molar-refractivity contribution in [3.63, 3.8) is 0 Å². The van der Waals surface area contributed by atoms with Gasteiger partial charge in [0.2, 0.25) is 29.1 Å². The maximum Gasteiger partial charge on any atom is 0.206 e. The van der Waals surface area contributed by atoms with Gasteiger partial charge in [-0.3, -0.25) is 0 Å². The van der Waals surface area contributed by atoms with Gasteiger partial charge in [0.15, 0.2) is 5.75 Å². The number of hydrogen-bond donors (Lipinski definition) is 2. The third kappa shape index (κ3) is 2.69. The molecule has 3 nitrogen and oxygen atoms in total. The predicted octanol–water partition coefficient (Wildman–Crippen LogP) is 2.12. The molecule has 1 aromatic carbocycles. The average Bonchev–Trinajstić information content (AvgIpc) is 3.32. The minimum atomic E-state index is -2.23. The van der Waals surface area contributed by atoms with E-state index in [-0.39, 0.29) is 12.5 Å². The van der Waals surface area contributed by atoms with E-state index in [9.17, 15) is 27.1 Å². The molecule has 0 amide bonds. The summed E-state index contributed by atoms with van der Waals surface area (Å²) >= 11 is 0. The van der Waals surface area contributed by atoms with Gasteiger partial charge in [0.25, 0.3) is 0 Å². The molecule has 1 aromatic rings. The minimum absolute atomic E-state index is 0.0220. The molecular weight excluding hydrogens is 297 g/mol. The maximum absolute atomic E-state index is 13.5. The van der Waals surface area contributed by atoms with Gasteiger partial charge in [0.1, 0.15) is 6.61 Å². The van der Waals surface area contributed by atoms with E-state index in [0.717, 1.165) is 12.8 Å². The van der Waals surface area contributed by atoms with Crippen molar-refractivity contribution in [1.82, 2.24) is 5.32 Å². The number of hydrogen-bond acceptors (Lipinski definition) is 3. The molecule has 1 fully saturated rings. The number of aliphatic hydroxyl groups excluding tert-OH is 1. The lowest BCUT2D eigenvalue weighted by molar-refractivity contribution is 0.0860. The summed E-state index contributed by atoms with van der Waals surface area (Å²) in [6, 6.07) is 0. The largest absolute Gasteiger partial charge is 0.485 e. The SMILES string of the molecule is CNC(CO)(COc1c(F)c(F)c(F)c(F)c1F)C1CC1. The highest BCUT2D eigenvalue weighted by atomic mass is 19.2. The molecule has 2 N–H and O–H groups in total. The van der Waals surface area contributed by atoms with Crippen LogP contribution in [0, 0.1) is 35.0 Å². The topological polar surface area (TPSA) is 41.5 Å². The highest BCUT2D eigenvalue weighted by molar-refractivity contribution is 5.30. The second-order valence-electron chi connectivity index (χ2n) is 5.03. The Bertz CT molecular complexity index is 515. The van der Waals surface area contributed by atoms with Gasteiger partial charge in [-0.15, -0.1) is 0 Å². The quantitative estimate of drug-likeness (QED) is 0.480. The van der Waals surface area contributed by atoms with Crippen molar-refractivity contribution in [3.05, 3.63) is 29.1 Å². The van der Waals surface area contributed by atoms with Crippen LogP contribution in [-0.4, -0.2) is 30.9 Å². The third-order valence-corrected chi connectivity index (χ3v) is 3.78. The van der Waals surface area contributed by atoms with Crippen LogP contribution < -0.4 is 10.1 Å². The Morgan fingerprint density at radius 2 is 1.52 bits per heavy atom. The Hall–Kier alpha value is -1.41. The first kappa shape index (κ1) is 16.0. The van der Waals surface area contributed by atoms with Crippen LogP contribution in [0.4, 0.5) is 22.0 Å². The maximum atomic E-state index is 13.5. The monoisotopic (exact) mass is 311 g/mol. The van der Waals surface area contributed by atoms with Crippen LogP contribution in [0.3, 0.4) is 0 Å². The summed E-state index contributed by atoms with van der Waals surface area (Å²) in [4.78, 5) is 0. The van der Waals surface area contributed by atoms with Crippen LogP contribution in [-0.2, 0) is 0 Å². The normalized spacial score (nSPS) is 17.7. The van der Waals surface area contributed by atoms with Gasteiger partial charge in [0.05, 0.1) is 12.1 Å². The molecule has 0 bridgehead atoms. The van der Waals surface area contributed by atoms with Crippen molar-refractivity contribution in [3.8, 4) is 5.75 Å². The Morgan fingerprint density at radius 1 is 1.05 bits per heavy atom. The molecule has 0 radical (unpaired) electrons. The Balaban J connectivity index is 2.28. The highest BCUT2D eigenvalue weighted by Crippen LogP contribution is 2.40. The molecular formula is C13H14F5NO2. The summed E-state index contributed by atoms with van der Waals surface area (Å²) in [7, 11) is 1.52. The number of ether oxygens (including phenoxy) is 1. The molecule has 2 rings (SSSR count). The molecule has 1 atom stereocenters. The summed E-state index contributed by atoms with van der Waals surface area (Å²) in [5.41, 5.74) is -0.972. The summed E-state index contributed by atoms with van der Waals surface area (Å²) in [5.74, 6) is -11.7. The van der Waals surface area contributed by atoms with E-state index < -0.39 is 47.0 Å². The molecule has 0 saturated heterocycles. The standard InChI is InChI=1S/C13H14F5NO2/c1-19-13(4-20,6-2-3-6)5-21-12-10(17)8(15)7(14)9(16)11(12)18/h6,19-20H,2-5H2,1H3. The lowest BCUT2D eigenvalue weighted by atomic mass is 9.95. The molecule has 8 heteroatoms.